The maximum Gasteiger partial charge on any atom is 0.269 e. The monoisotopic (exact) mass is 338 g/mol. The standard InChI is InChI=1S/C18H18N4O3/c1-2-14-12-17(19-10-9-16-4-3-11-25-16)21-18(20-14)13-5-7-15(8-6-13)22(23)24/h3-8,11-12H,2,9-10H2,1H3,(H,19,20,21). The van der Waals surface area contributed by atoms with Gasteiger partial charge in [-0.2, -0.15) is 0 Å². The molecule has 7 heteroatoms. The van der Waals surface area contributed by atoms with Crippen LogP contribution < -0.4 is 5.32 Å². The molecule has 0 aliphatic rings. The molecule has 0 spiro atoms. The minimum Gasteiger partial charge on any atom is -0.469 e. The highest BCUT2D eigenvalue weighted by Gasteiger charge is 2.09. The Morgan fingerprint density at radius 2 is 2.00 bits per heavy atom. The normalized spacial score (nSPS) is 10.6. The van der Waals surface area contributed by atoms with Crippen molar-refractivity contribution in [2.45, 2.75) is 19.8 Å². The number of aryl methyl sites for hydroxylation is 1. The van der Waals surface area contributed by atoms with Crippen molar-refractivity contribution in [3.05, 3.63) is 70.3 Å². The summed E-state index contributed by atoms with van der Waals surface area (Å²) >= 11 is 0. The average Bonchev–Trinajstić information content (AvgIpc) is 3.15. The lowest BCUT2D eigenvalue weighted by Crippen LogP contribution is -2.08. The fraction of sp³-hybridized carbons (Fsp3) is 0.222. The van der Waals surface area contributed by atoms with Crippen molar-refractivity contribution in [3.63, 3.8) is 0 Å². The Kier molecular flexibility index (Phi) is 5.03. The summed E-state index contributed by atoms with van der Waals surface area (Å²) in [6.45, 7) is 2.71. The summed E-state index contributed by atoms with van der Waals surface area (Å²) in [6.07, 6.45) is 3.18. The number of hydrogen-bond donors (Lipinski definition) is 1. The van der Waals surface area contributed by atoms with E-state index in [9.17, 15) is 10.1 Å². The van der Waals surface area contributed by atoms with E-state index >= 15 is 0 Å². The number of nitro groups is 1. The maximum atomic E-state index is 10.8. The molecule has 7 nitrogen and oxygen atoms in total. The van der Waals surface area contributed by atoms with E-state index in [0.717, 1.165) is 35.7 Å². The van der Waals surface area contributed by atoms with Gasteiger partial charge in [-0.25, -0.2) is 9.97 Å². The summed E-state index contributed by atoms with van der Waals surface area (Å²) in [7, 11) is 0. The number of nitro benzene ring substituents is 1. The zero-order chi connectivity index (χ0) is 17.6. The molecule has 3 rings (SSSR count). The first-order valence-corrected chi connectivity index (χ1v) is 8.04. The van der Waals surface area contributed by atoms with Crippen LogP contribution in [0, 0.1) is 10.1 Å². The lowest BCUT2D eigenvalue weighted by molar-refractivity contribution is -0.384. The molecule has 2 heterocycles. The second-order valence-corrected chi connectivity index (χ2v) is 5.48. The van der Waals surface area contributed by atoms with Gasteiger partial charge in [0.25, 0.3) is 5.69 Å². The van der Waals surface area contributed by atoms with Crippen LogP contribution in [0.25, 0.3) is 11.4 Å². The van der Waals surface area contributed by atoms with E-state index < -0.39 is 4.92 Å². The molecule has 0 amide bonds. The molecule has 0 saturated heterocycles. The fourth-order valence-electron chi connectivity index (χ4n) is 2.40. The van der Waals surface area contributed by atoms with Crippen LogP contribution in [0.15, 0.2) is 53.1 Å². The molecule has 0 radical (unpaired) electrons. The Morgan fingerprint density at radius 1 is 1.20 bits per heavy atom. The van der Waals surface area contributed by atoms with Gasteiger partial charge in [-0.15, -0.1) is 0 Å². The van der Waals surface area contributed by atoms with Gasteiger partial charge in [0.2, 0.25) is 0 Å². The molecule has 0 saturated carbocycles. The van der Waals surface area contributed by atoms with Crippen LogP contribution in [0.4, 0.5) is 11.5 Å². The summed E-state index contributed by atoms with van der Waals surface area (Å²) in [5.41, 5.74) is 1.70. The molecule has 0 unspecified atom stereocenters. The highest BCUT2D eigenvalue weighted by molar-refractivity contribution is 5.59. The Morgan fingerprint density at radius 3 is 2.64 bits per heavy atom. The van der Waals surface area contributed by atoms with Crippen LogP contribution in [0.5, 0.6) is 0 Å². The Bertz CT molecular complexity index is 845. The lowest BCUT2D eigenvalue weighted by atomic mass is 10.2. The predicted molar refractivity (Wildman–Crippen MR) is 94.4 cm³/mol. The summed E-state index contributed by atoms with van der Waals surface area (Å²) in [6, 6.07) is 12.0. The molecule has 0 atom stereocenters. The first kappa shape index (κ1) is 16.6. The summed E-state index contributed by atoms with van der Waals surface area (Å²) < 4.78 is 5.31. The number of rotatable bonds is 7. The molecule has 1 aromatic carbocycles. The first-order chi connectivity index (χ1) is 12.2. The Labute approximate surface area is 144 Å². The topological polar surface area (TPSA) is 94.1 Å². The van der Waals surface area contributed by atoms with Crippen molar-refractivity contribution in [2.24, 2.45) is 0 Å². The van der Waals surface area contributed by atoms with Gasteiger partial charge in [-0.05, 0) is 30.7 Å². The number of non-ortho nitro benzene ring substituents is 1. The van der Waals surface area contributed by atoms with E-state index in [1.807, 2.05) is 25.1 Å². The molecular formula is C18H18N4O3. The van der Waals surface area contributed by atoms with Crippen molar-refractivity contribution in [2.75, 3.05) is 11.9 Å². The number of anilines is 1. The largest absolute Gasteiger partial charge is 0.469 e. The predicted octanol–water partition coefficient (Wildman–Crippen LogP) is 3.86. The Hall–Kier alpha value is -3.22. The molecule has 2 aromatic heterocycles. The highest BCUT2D eigenvalue weighted by atomic mass is 16.6. The smallest absolute Gasteiger partial charge is 0.269 e. The zero-order valence-corrected chi connectivity index (χ0v) is 13.8. The fourth-order valence-corrected chi connectivity index (χ4v) is 2.40. The van der Waals surface area contributed by atoms with E-state index in [2.05, 4.69) is 15.3 Å². The molecule has 3 aromatic rings. The van der Waals surface area contributed by atoms with Crippen LogP contribution >= 0.6 is 0 Å². The quantitative estimate of drug-likeness (QED) is 0.519. The van der Waals surface area contributed by atoms with Gasteiger partial charge in [-0.3, -0.25) is 10.1 Å². The molecule has 128 valence electrons. The maximum absolute atomic E-state index is 10.8. The van der Waals surface area contributed by atoms with E-state index in [-0.39, 0.29) is 5.69 Å². The summed E-state index contributed by atoms with van der Waals surface area (Å²) in [5, 5.41) is 14.1. The minimum atomic E-state index is -0.422. The average molecular weight is 338 g/mol. The SMILES string of the molecule is CCc1cc(NCCc2ccco2)nc(-c2ccc([N+](=O)[O-])cc2)n1. The van der Waals surface area contributed by atoms with Gasteiger partial charge in [0, 0.05) is 42.4 Å². The third kappa shape index (κ3) is 4.20. The van der Waals surface area contributed by atoms with Gasteiger partial charge >= 0.3 is 0 Å². The third-order valence-electron chi connectivity index (χ3n) is 3.74. The van der Waals surface area contributed by atoms with Crippen molar-refractivity contribution in [1.82, 2.24) is 9.97 Å². The molecule has 25 heavy (non-hydrogen) atoms. The van der Waals surface area contributed by atoms with Crippen molar-refractivity contribution >= 4 is 11.5 Å². The van der Waals surface area contributed by atoms with Gasteiger partial charge in [0.15, 0.2) is 5.82 Å². The molecule has 0 fully saturated rings. The van der Waals surface area contributed by atoms with E-state index in [1.165, 1.54) is 12.1 Å². The second kappa shape index (κ2) is 7.57. The molecule has 1 N–H and O–H groups in total. The number of benzene rings is 1. The van der Waals surface area contributed by atoms with Gasteiger partial charge in [0.1, 0.15) is 11.6 Å². The van der Waals surface area contributed by atoms with Crippen LogP contribution in [0.3, 0.4) is 0 Å². The summed E-state index contributed by atoms with van der Waals surface area (Å²) in [4.78, 5) is 19.4. The van der Waals surface area contributed by atoms with Crippen LogP contribution in [-0.2, 0) is 12.8 Å². The summed E-state index contributed by atoms with van der Waals surface area (Å²) in [5.74, 6) is 2.19. The van der Waals surface area contributed by atoms with E-state index in [4.69, 9.17) is 4.42 Å². The van der Waals surface area contributed by atoms with Crippen LogP contribution in [-0.4, -0.2) is 21.4 Å². The molecular weight excluding hydrogens is 320 g/mol. The third-order valence-corrected chi connectivity index (χ3v) is 3.74. The minimum absolute atomic E-state index is 0.0483. The van der Waals surface area contributed by atoms with Crippen molar-refractivity contribution in [3.8, 4) is 11.4 Å². The number of hydrogen-bond acceptors (Lipinski definition) is 6. The molecule has 0 aliphatic carbocycles. The number of aromatic nitrogens is 2. The van der Waals surface area contributed by atoms with Crippen LogP contribution in [0.1, 0.15) is 18.4 Å². The zero-order valence-electron chi connectivity index (χ0n) is 13.8. The van der Waals surface area contributed by atoms with Crippen molar-refractivity contribution < 1.29 is 9.34 Å². The van der Waals surface area contributed by atoms with E-state index in [1.54, 1.807) is 18.4 Å². The molecule has 0 aliphatic heterocycles. The van der Waals surface area contributed by atoms with Gasteiger partial charge in [0.05, 0.1) is 11.2 Å². The second-order valence-electron chi connectivity index (χ2n) is 5.48. The molecule has 0 bridgehead atoms. The number of nitrogens with zero attached hydrogens (tertiary/aromatic N) is 3. The first-order valence-electron chi connectivity index (χ1n) is 8.04. The van der Waals surface area contributed by atoms with Crippen LogP contribution in [0.2, 0.25) is 0 Å². The highest BCUT2D eigenvalue weighted by Crippen LogP contribution is 2.21. The van der Waals surface area contributed by atoms with Gasteiger partial charge in [-0.1, -0.05) is 6.92 Å². The van der Waals surface area contributed by atoms with Gasteiger partial charge < -0.3 is 9.73 Å². The lowest BCUT2D eigenvalue weighted by Gasteiger charge is -2.09. The van der Waals surface area contributed by atoms with E-state index in [0.29, 0.717) is 12.4 Å². The van der Waals surface area contributed by atoms with Crippen molar-refractivity contribution in [1.29, 1.82) is 0 Å². The number of furan rings is 1. The number of nitrogens with one attached hydrogen (secondary N) is 1. The Balaban J connectivity index is 1.78.